The molecular weight excluding hydrogens is 242 g/mol. The van der Waals surface area contributed by atoms with Crippen LogP contribution < -0.4 is 5.73 Å². The largest absolute Gasteiger partial charge is 0.330 e. The zero-order chi connectivity index (χ0) is 15.0. The summed E-state index contributed by atoms with van der Waals surface area (Å²) in [5.41, 5.74) is 8.96. The third kappa shape index (κ3) is 4.64. The molecule has 1 unspecified atom stereocenters. The van der Waals surface area contributed by atoms with Crippen molar-refractivity contribution in [2.45, 2.75) is 40.0 Å². The number of rotatable bonds is 3. The number of allylic oxidation sites excluding steroid dienone is 3. The van der Waals surface area contributed by atoms with E-state index in [1.165, 1.54) is 24.0 Å². The standard InChI is InChI=1S/C16H23N.C3H6/c1-16(2)12-14(8-9-15(16)10-11-17)13-6-4-3-5-7-13;1-3-2/h3-8,15H,9-12,17H2,1-2H3;3H,1H2,2H3. The van der Waals surface area contributed by atoms with Crippen molar-refractivity contribution in [2.75, 3.05) is 6.54 Å². The molecular formula is C19H29N. The van der Waals surface area contributed by atoms with Gasteiger partial charge < -0.3 is 5.73 Å². The second-order valence-electron chi connectivity index (χ2n) is 6.18. The van der Waals surface area contributed by atoms with Crippen LogP contribution in [0, 0.1) is 11.3 Å². The quantitative estimate of drug-likeness (QED) is 0.765. The summed E-state index contributed by atoms with van der Waals surface area (Å²) in [5, 5.41) is 0. The van der Waals surface area contributed by atoms with E-state index in [1.54, 1.807) is 6.08 Å². The fourth-order valence-electron chi connectivity index (χ4n) is 2.89. The molecule has 110 valence electrons. The van der Waals surface area contributed by atoms with Crippen LogP contribution in [0.2, 0.25) is 0 Å². The van der Waals surface area contributed by atoms with Gasteiger partial charge in [-0.25, -0.2) is 0 Å². The van der Waals surface area contributed by atoms with Gasteiger partial charge in [-0.15, -0.1) is 6.58 Å². The van der Waals surface area contributed by atoms with E-state index in [-0.39, 0.29) is 0 Å². The van der Waals surface area contributed by atoms with Gasteiger partial charge in [0.15, 0.2) is 0 Å². The molecule has 0 amide bonds. The van der Waals surface area contributed by atoms with Gasteiger partial charge in [0.05, 0.1) is 0 Å². The SMILES string of the molecule is C=CC.CC1(C)CC(c2ccccc2)=CCC1CCN. The Balaban J connectivity index is 0.000000612. The van der Waals surface area contributed by atoms with Crippen LogP contribution in [0.3, 0.4) is 0 Å². The molecule has 0 saturated heterocycles. The third-order valence-electron chi connectivity index (χ3n) is 4.06. The van der Waals surface area contributed by atoms with Gasteiger partial charge in [0.1, 0.15) is 0 Å². The van der Waals surface area contributed by atoms with Crippen molar-refractivity contribution < 1.29 is 0 Å². The maximum atomic E-state index is 5.71. The molecule has 0 bridgehead atoms. The van der Waals surface area contributed by atoms with Crippen LogP contribution in [-0.4, -0.2) is 6.54 Å². The Hall–Kier alpha value is -1.34. The molecule has 0 heterocycles. The minimum Gasteiger partial charge on any atom is -0.330 e. The zero-order valence-electron chi connectivity index (χ0n) is 13.2. The summed E-state index contributed by atoms with van der Waals surface area (Å²) < 4.78 is 0. The van der Waals surface area contributed by atoms with E-state index in [1.807, 2.05) is 6.92 Å². The van der Waals surface area contributed by atoms with Gasteiger partial charge in [-0.2, -0.15) is 0 Å². The highest BCUT2D eigenvalue weighted by molar-refractivity contribution is 5.66. The molecule has 1 heteroatoms. The van der Waals surface area contributed by atoms with Crippen LogP contribution in [0.25, 0.3) is 5.57 Å². The second-order valence-corrected chi connectivity index (χ2v) is 6.18. The summed E-state index contributed by atoms with van der Waals surface area (Å²) >= 11 is 0. The molecule has 1 aliphatic rings. The molecule has 0 fully saturated rings. The number of nitrogens with two attached hydrogens (primary N) is 1. The van der Waals surface area contributed by atoms with Crippen molar-refractivity contribution in [3.8, 4) is 0 Å². The smallest absolute Gasteiger partial charge is 0.00743 e. The van der Waals surface area contributed by atoms with Crippen molar-refractivity contribution in [3.63, 3.8) is 0 Å². The van der Waals surface area contributed by atoms with E-state index in [9.17, 15) is 0 Å². The summed E-state index contributed by atoms with van der Waals surface area (Å²) in [6.07, 6.45) is 7.66. The number of hydrogen-bond donors (Lipinski definition) is 1. The molecule has 20 heavy (non-hydrogen) atoms. The Morgan fingerprint density at radius 2 is 1.90 bits per heavy atom. The van der Waals surface area contributed by atoms with Gasteiger partial charge in [0, 0.05) is 0 Å². The van der Waals surface area contributed by atoms with Gasteiger partial charge >= 0.3 is 0 Å². The van der Waals surface area contributed by atoms with Gasteiger partial charge in [0.2, 0.25) is 0 Å². The summed E-state index contributed by atoms with van der Waals surface area (Å²) in [5.74, 6) is 0.736. The maximum absolute atomic E-state index is 5.71. The van der Waals surface area contributed by atoms with Crippen LogP contribution in [0.1, 0.15) is 45.6 Å². The minimum atomic E-state index is 0.374. The lowest BCUT2D eigenvalue weighted by atomic mass is 9.67. The summed E-state index contributed by atoms with van der Waals surface area (Å²) in [4.78, 5) is 0. The molecule has 0 radical (unpaired) electrons. The van der Waals surface area contributed by atoms with Gasteiger partial charge in [0.25, 0.3) is 0 Å². The van der Waals surface area contributed by atoms with Gasteiger partial charge in [-0.05, 0) is 55.2 Å². The second kappa shape index (κ2) is 8.06. The lowest BCUT2D eigenvalue weighted by Gasteiger charge is -2.38. The van der Waals surface area contributed by atoms with Crippen molar-refractivity contribution in [2.24, 2.45) is 17.1 Å². The predicted octanol–water partition coefficient (Wildman–Crippen LogP) is 5.05. The minimum absolute atomic E-state index is 0.374. The Kier molecular flexibility index (Phi) is 6.74. The first-order chi connectivity index (χ1) is 9.55. The molecule has 2 rings (SSSR count). The number of hydrogen-bond acceptors (Lipinski definition) is 1. The van der Waals surface area contributed by atoms with Crippen LogP contribution in [0.15, 0.2) is 49.1 Å². The van der Waals surface area contributed by atoms with E-state index in [2.05, 4.69) is 56.8 Å². The first-order valence-electron chi connectivity index (χ1n) is 7.56. The van der Waals surface area contributed by atoms with E-state index >= 15 is 0 Å². The van der Waals surface area contributed by atoms with E-state index in [0.717, 1.165) is 18.9 Å². The fraction of sp³-hybridized carbons (Fsp3) is 0.474. The average Bonchev–Trinajstić information content (AvgIpc) is 2.43. The van der Waals surface area contributed by atoms with Crippen LogP contribution >= 0.6 is 0 Å². The number of benzene rings is 1. The molecule has 1 aromatic rings. The lowest BCUT2D eigenvalue weighted by Crippen LogP contribution is -2.29. The molecule has 0 aromatic heterocycles. The van der Waals surface area contributed by atoms with Crippen molar-refractivity contribution in [1.82, 2.24) is 0 Å². The topological polar surface area (TPSA) is 26.0 Å². The van der Waals surface area contributed by atoms with Crippen LogP contribution in [0.4, 0.5) is 0 Å². The Bertz CT molecular complexity index is 428. The third-order valence-corrected chi connectivity index (χ3v) is 4.06. The van der Waals surface area contributed by atoms with Crippen molar-refractivity contribution in [3.05, 3.63) is 54.6 Å². The highest BCUT2D eigenvalue weighted by Gasteiger charge is 2.32. The van der Waals surface area contributed by atoms with E-state index < -0.39 is 0 Å². The molecule has 1 nitrogen and oxygen atoms in total. The van der Waals surface area contributed by atoms with Crippen LogP contribution in [0.5, 0.6) is 0 Å². The Morgan fingerprint density at radius 1 is 1.30 bits per heavy atom. The summed E-state index contributed by atoms with van der Waals surface area (Å²) in [6.45, 7) is 10.8. The summed E-state index contributed by atoms with van der Waals surface area (Å²) in [7, 11) is 0. The van der Waals surface area contributed by atoms with Crippen molar-refractivity contribution >= 4 is 5.57 Å². The van der Waals surface area contributed by atoms with E-state index in [0.29, 0.717) is 5.41 Å². The molecule has 1 aromatic carbocycles. The van der Waals surface area contributed by atoms with E-state index in [4.69, 9.17) is 5.73 Å². The molecule has 2 N–H and O–H groups in total. The normalized spacial score (nSPS) is 20.4. The highest BCUT2D eigenvalue weighted by atomic mass is 14.5. The van der Waals surface area contributed by atoms with Crippen molar-refractivity contribution in [1.29, 1.82) is 0 Å². The highest BCUT2D eigenvalue weighted by Crippen LogP contribution is 2.44. The average molecular weight is 271 g/mol. The van der Waals surface area contributed by atoms with Gasteiger partial charge in [-0.3, -0.25) is 0 Å². The first-order valence-corrected chi connectivity index (χ1v) is 7.56. The maximum Gasteiger partial charge on any atom is -0.00743 e. The van der Waals surface area contributed by atoms with Gasteiger partial charge in [-0.1, -0.05) is 56.3 Å². The Labute approximate surface area is 124 Å². The molecule has 0 aliphatic heterocycles. The first kappa shape index (κ1) is 16.7. The zero-order valence-corrected chi connectivity index (χ0v) is 13.2. The molecule has 1 aliphatic carbocycles. The monoisotopic (exact) mass is 271 g/mol. The molecule has 1 atom stereocenters. The predicted molar refractivity (Wildman–Crippen MR) is 90.5 cm³/mol. The van der Waals surface area contributed by atoms with Crippen LogP contribution in [-0.2, 0) is 0 Å². The molecule has 0 saturated carbocycles. The summed E-state index contributed by atoms with van der Waals surface area (Å²) in [6, 6.07) is 10.7. The lowest BCUT2D eigenvalue weighted by molar-refractivity contribution is 0.201. The fourth-order valence-corrected chi connectivity index (χ4v) is 2.89. The Morgan fingerprint density at radius 3 is 2.40 bits per heavy atom. The molecule has 0 spiro atoms.